The number of hydrogen-bond donors (Lipinski definition) is 1. The summed E-state index contributed by atoms with van der Waals surface area (Å²) in [6, 6.07) is 4.49. The summed E-state index contributed by atoms with van der Waals surface area (Å²) in [6.07, 6.45) is 0. The van der Waals surface area contributed by atoms with Gasteiger partial charge in [0.25, 0.3) is 5.91 Å². The van der Waals surface area contributed by atoms with Crippen molar-refractivity contribution in [1.82, 2.24) is 9.62 Å². The number of morpholine rings is 1. The van der Waals surface area contributed by atoms with Gasteiger partial charge in [0.05, 0.1) is 25.9 Å². The molecule has 0 unspecified atom stereocenters. The fourth-order valence-corrected chi connectivity index (χ4v) is 3.76. The molecule has 0 radical (unpaired) electrons. The van der Waals surface area contributed by atoms with E-state index >= 15 is 0 Å². The van der Waals surface area contributed by atoms with E-state index in [9.17, 15) is 13.2 Å². The number of carbonyl (C=O) groups excluding carboxylic acids is 1. The molecule has 1 fully saturated rings. The highest BCUT2D eigenvalue weighted by molar-refractivity contribution is 7.89. The Labute approximate surface area is 123 Å². The second-order valence-corrected chi connectivity index (χ2v) is 6.34. The second-order valence-electron chi connectivity index (χ2n) is 4.43. The van der Waals surface area contributed by atoms with E-state index in [1.165, 1.54) is 36.7 Å². The van der Waals surface area contributed by atoms with E-state index in [0.29, 0.717) is 13.2 Å². The Bertz CT molecular complexity index is 623. The molecule has 0 spiro atoms. The zero-order valence-corrected chi connectivity index (χ0v) is 12.8. The Morgan fingerprint density at radius 2 is 2.00 bits per heavy atom. The van der Waals surface area contributed by atoms with E-state index < -0.39 is 15.9 Å². The molecular formula is C13H18N2O5S. The largest absolute Gasteiger partial charge is 0.494 e. The summed E-state index contributed by atoms with van der Waals surface area (Å²) in [6.45, 7) is 1.29. The molecular weight excluding hydrogens is 296 g/mol. The molecule has 0 bridgehead atoms. The van der Waals surface area contributed by atoms with Crippen LogP contribution in [0.2, 0.25) is 0 Å². The van der Waals surface area contributed by atoms with Crippen molar-refractivity contribution in [3.8, 4) is 5.75 Å². The maximum absolute atomic E-state index is 12.7. The average molecular weight is 314 g/mol. The second kappa shape index (κ2) is 6.42. The van der Waals surface area contributed by atoms with Gasteiger partial charge in [-0.1, -0.05) is 6.07 Å². The molecule has 8 heteroatoms. The van der Waals surface area contributed by atoms with Crippen LogP contribution in [0.4, 0.5) is 0 Å². The third-order valence-electron chi connectivity index (χ3n) is 3.24. The van der Waals surface area contributed by atoms with Gasteiger partial charge in [0.2, 0.25) is 10.0 Å². The molecule has 0 atom stereocenters. The van der Waals surface area contributed by atoms with Gasteiger partial charge in [-0.2, -0.15) is 4.31 Å². The molecule has 2 rings (SSSR count). The fraction of sp³-hybridized carbons (Fsp3) is 0.462. The number of nitrogens with zero attached hydrogens (tertiary/aromatic N) is 1. The first-order valence-electron chi connectivity index (χ1n) is 6.49. The first kappa shape index (κ1) is 15.7. The molecule has 0 aromatic heterocycles. The minimum atomic E-state index is -3.72. The molecule has 1 saturated heterocycles. The summed E-state index contributed by atoms with van der Waals surface area (Å²) in [5, 5.41) is 2.47. The van der Waals surface area contributed by atoms with Crippen LogP contribution in [-0.4, -0.2) is 59.1 Å². The molecule has 21 heavy (non-hydrogen) atoms. The SMILES string of the molecule is CNC(=O)c1cccc(S(=O)(=O)N2CCOCC2)c1OC. The lowest BCUT2D eigenvalue weighted by molar-refractivity contribution is 0.0729. The van der Waals surface area contributed by atoms with Crippen molar-refractivity contribution in [2.45, 2.75) is 4.90 Å². The van der Waals surface area contributed by atoms with Gasteiger partial charge in [-0.15, -0.1) is 0 Å². The van der Waals surface area contributed by atoms with E-state index in [-0.39, 0.29) is 29.3 Å². The molecule has 1 N–H and O–H groups in total. The van der Waals surface area contributed by atoms with E-state index in [1.807, 2.05) is 0 Å². The predicted molar refractivity (Wildman–Crippen MR) is 76.0 cm³/mol. The molecule has 1 aliphatic rings. The van der Waals surface area contributed by atoms with Gasteiger partial charge >= 0.3 is 0 Å². The van der Waals surface area contributed by atoms with Crippen LogP contribution < -0.4 is 10.1 Å². The van der Waals surface area contributed by atoms with E-state index in [4.69, 9.17) is 9.47 Å². The summed E-state index contributed by atoms with van der Waals surface area (Å²) in [4.78, 5) is 11.8. The van der Waals surface area contributed by atoms with Crippen LogP contribution in [0.5, 0.6) is 5.75 Å². The van der Waals surface area contributed by atoms with Gasteiger partial charge in [-0.05, 0) is 12.1 Å². The molecule has 116 valence electrons. The fourth-order valence-electron chi connectivity index (χ4n) is 2.17. The summed E-state index contributed by atoms with van der Waals surface area (Å²) in [5.74, 6) is -0.339. The molecule has 0 aliphatic carbocycles. The van der Waals surface area contributed by atoms with Gasteiger partial charge in [0, 0.05) is 20.1 Å². The summed E-state index contributed by atoms with van der Waals surface area (Å²) >= 11 is 0. The molecule has 0 saturated carbocycles. The number of rotatable bonds is 4. The quantitative estimate of drug-likeness (QED) is 0.850. The van der Waals surface area contributed by atoms with E-state index in [2.05, 4.69) is 5.32 Å². The van der Waals surface area contributed by atoms with Crippen LogP contribution in [0.15, 0.2) is 23.1 Å². The first-order chi connectivity index (χ1) is 10.0. The third kappa shape index (κ3) is 3.02. The molecule has 1 aromatic rings. The smallest absolute Gasteiger partial charge is 0.254 e. The topological polar surface area (TPSA) is 84.9 Å². The number of ether oxygens (including phenoxy) is 2. The standard InChI is InChI=1S/C13H18N2O5S/c1-14-13(16)10-4-3-5-11(12(10)19-2)21(17,18)15-6-8-20-9-7-15/h3-5H,6-9H2,1-2H3,(H,14,16). The maximum atomic E-state index is 12.7. The Morgan fingerprint density at radius 3 is 2.57 bits per heavy atom. The normalized spacial score (nSPS) is 16.5. The predicted octanol–water partition coefficient (Wildman–Crippen LogP) is 0.0757. The molecule has 1 aromatic carbocycles. The lowest BCUT2D eigenvalue weighted by atomic mass is 10.2. The van der Waals surface area contributed by atoms with Crippen molar-refractivity contribution in [2.75, 3.05) is 40.5 Å². The minimum absolute atomic E-state index is 0.00648. The van der Waals surface area contributed by atoms with Crippen LogP contribution >= 0.6 is 0 Å². The Balaban J connectivity index is 2.50. The monoisotopic (exact) mass is 314 g/mol. The maximum Gasteiger partial charge on any atom is 0.254 e. The lowest BCUT2D eigenvalue weighted by Crippen LogP contribution is -2.40. The zero-order valence-electron chi connectivity index (χ0n) is 12.0. The Hall–Kier alpha value is -1.64. The molecule has 7 nitrogen and oxygen atoms in total. The zero-order chi connectivity index (χ0) is 15.5. The Morgan fingerprint density at radius 1 is 1.33 bits per heavy atom. The number of benzene rings is 1. The highest BCUT2D eigenvalue weighted by Gasteiger charge is 2.31. The van der Waals surface area contributed by atoms with E-state index in [1.54, 1.807) is 0 Å². The van der Waals surface area contributed by atoms with Crippen molar-refractivity contribution in [3.63, 3.8) is 0 Å². The summed E-state index contributed by atoms with van der Waals surface area (Å²) in [5.41, 5.74) is 0.189. The number of amides is 1. The molecule has 1 aliphatic heterocycles. The van der Waals surface area contributed by atoms with Gasteiger partial charge in [-0.25, -0.2) is 8.42 Å². The van der Waals surface area contributed by atoms with Crippen LogP contribution in [0.3, 0.4) is 0 Å². The number of carbonyl (C=O) groups is 1. The lowest BCUT2D eigenvalue weighted by Gasteiger charge is -2.27. The summed E-state index contributed by atoms with van der Waals surface area (Å²) in [7, 11) is -0.896. The molecule has 1 heterocycles. The first-order valence-corrected chi connectivity index (χ1v) is 7.93. The van der Waals surface area contributed by atoms with E-state index in [0.717, 1.165) is 0 Å². The van der Waals surface area contributed by atoms with Crippen molar-refractivity contribution in [2.24, 2.45) is 0 Å². The minimum Gasteiger partial charge on any atom is -0.494 e. The van der Waals surface area contributed by atoms with Crippen molar-refractivity contribution in [3.05, 3.63) is 23.8 Å². The highest BCUT2D eigenvalue weighted by atomic mass is 32.2. The van der Waals surface area contributed by atoms with Crippen LogP contribution in [-0.2, 0) is 14.8 Å². The third-order valence-corrected chi connectivity index (χ3v) is 5.16. The summed E-state index contributed by atoms with van der Waals surface area (Å²) < 4.78 is 37.1. The number of para-hydroxylation sites is 1. The Kier molecular flexibility index (Phi) is 4.81. The number of methoxy groups -OCH3 is 1. The van der Waals surface area contributed by atoms with Crippen molar-refractivity contribution >= 4 is 15.9 Å². The van der Waals surface area contributed by atoms with Gasteiger partial charge in [0.1, 0.15) is 4.90 Å². The van der Waals surface area contributed by atoms with Crippen LogP contribution in [0.25, 0.3) is 0 Å². The van der Waals surface area contributed by atoms with Crippen LogP contribution in [0, 0.1) is 0 Å². The van der Waals surface area contributed by atoms with Gasteiger partial charge in [0.15, 0.2) is 5.75 Å². The highest BCUT2D eigenvalue weighted by Crippen LogP contribution is 2.30. The number of hydrogen-bond acceptors (Lipinski definition) is 5. The van der Waals surface area contributed by atoms with Crippen LogP contribution in [0.1, 0.15) is 10.4 Å². The number of nitrogens with one attached hydrogen (secondary N) is 1. The average Bonchev–Trinajstić information content (AvgIpc) is 2.54. The van der Waals surface area contributed by atoms with Gasteiger partial charge < -0.3 is 14.8 Å². The van der Waals surface area contributed by atoms with Crippen molar-refractivity contribution < 1.29 is 22.7 Å². The van der Waals surface area contributed by atoms with Gasteiger partial charge in [-0.3, -0.25) is 4.79 Å². The van der Waals surface area contributed by atoms with Crippen molar-refractivity contribution in [1.29, 1.82) is 0 Å². The number of sulfonamides is 1. The molecule has 1 amide bonds.